The lowest BCUT2D eigenvalue weighted by molar-refractivity contribution is 0.0951. The predicted molar refractivity (Wildman–Crippen MR) is 100 cm³/mol. The maximum absolute atomic E-state index is 12.9. The van der Waals surface area contributed by atoms with Crippen LogP contribution in [0.25, 0.3) is 10.9 Å². The van der Waals surface area contributed by atoms with Crippen molar-refractivity contribution in [2.75, 3.05) is 0 Å². The summed E-state index contributed by atoms with van der Waals surface area (Å²) in [6, 6.07) is 5.98. The zero-order valence-corrected chi connectivity index (χ0v) is 15.5. The summed E-state index contributed by atoms with van der Waals surface area (Å²) in [4.78, 5) is 17.5. The second-order valence-corrected chi connectivity index (χ2v) is 7.11. The van der Waals surface area contributed by atoms with Crippen molar-refractivity contribution < 1.29 is 4.79 Å². The van der Waals surface area contributed by atoms with Crippen LogP contribution in [0.15, 0.2) is 18.2 Å². The molecule has 1 aromatic carbocycles. The van der Waals surface area contributed by atoms with E-state index in [4.69, 9.17) is 0 Å². The molecule has 0 unspecified atom stereocenters. The maximum Gasteiger partial charge on any atom is 0.252 e. The lowest BCUT2D eigenvalue weighted by Crippen LogP contribution is -2.26. The molecule has 6 nitrogen and oxygen atoms in total. The number of hydrogen-bond acceptors (Lipinski definition) is 4. The monoisotopic (exact) mass is 349 g/mol. The number of pyridine rings is 1. The van der Waals surface area contributed by atoms with Crippen LogP contribution in [0.1, 0.15) is 51.7 Å². The Morgan fingerprint density at radius 1 is 1.15 bits per heavy atom. The fourth-order valence-corrected chi connectivity index (χ4v) is 3.75. The molecule has 0 saturated heterocycles. The van der Waals surface area contributed by atoms with Crippen molar-refractivity contribution in [3.63, 3.8) is 0 Å². The van der Waals surface area contributed by atoms with Crippen LogP contribution in [-0.2, 0) is 19.5 Å². The van der Waals surface area contributed by atoms with Gasteiger partial charge in [-0.1, -0.05) is 11.6 Å². The smallest absolute Gasteiger partial charge is 0.252 e. The van der Waals surface area contributed by atoms with Crippen LogP contribution in [0.2, 0.25) is 0 Å². The Balaban J connectivity index is 1.63. The first-order valence-corrected chi connectivity index (χ1v) is 9.10. The molecule has 1 aliphatic rings. The number of hydrogen-bond donors (Lipinski definition) is 1. The molecule has 2 aromatic heterocycles. The molecular weight excluding hydrogens is 326 g/mol. The number of carbonyl (C=O) groups excluding carboxylic acids is 1. The van der Waals surface area contributed by atoms with Crippen molar-refractivity contribution in [3.05, 3.63) is 52.2 Å². The van der Waals surface area contributed by atoms with Crippen molar-refractivity contribution in [2.24, 2.45) is 0 Å². The number of aromatic nitrogens is 4. The Kier molecular flexibility index (Phi) is 4.18. The van der Waals surface area contributed by atoms with Gasteiger partial charge in [-0.2, -0.15) is 0 Å². The van der Waals surface area contributed by atoms with E-state index in [1.165, 1.54) is 0 Å². The van der Waals surface area contributed by atoms with Gasteiger partial charge in [-0.05, 0) is 51.3 Å². The molecule has 0 atom stereocenters. The maximum atomic E-state index is 12.9. The summed E-state index contributed by atoms with van der Waals surface area (Å²) >= 11 is 0. The van der Waals surface area contributed by atoms with Crippen molar-refractivity contribution in [1.82, 2.24) is 25.1 Å². The van der Waals surface area contributed by atoms with Crippen molar-refractivity contribution in [3.8, 4) is 0 Å². The van der Waals surface area contributed by atoms with Gasteiger partial charge in [0.05, 0.1) is 17.6 Å². The molecule has 3 aromatic rings. The summed E-state index contributed by atoms with van der Waals surface area (Å²) in [7, 11) is 0. The summed E-state index contributed by atoms with van der Waals surface area (Å²) < 4.78 is 2.13. The highest BCUT2D eigenvalue weighted by Crippen LogP contribution is 2.23. The van der Waals surface area contributed by atoms with Gasteiger partial charge < -0.3 is 9.88 Å². The molecule has 0 saturated carbocycles. The summed E-state index contributed by atoms with van der Waals surface area (Å²) in [6.07, 6.45) is 3.26. The highest BCUT2D eigenvalue weighted by atomic mass is 16.1. The summed E-state index contributed by atoms with van der Waals surface area (Å²) in [6.45, 7) is 7.32. The third-order valence-electron chi connectivity index (χ3n) is 4.96. The number of carbonyl (C=O) groups is 1. The van der Waals surface area contributed by atoms with Crippen LogP contribution >= 0.6 is 0 Å². The fraction of sp³-hybridized carbons (Fsp3) is 0.400. The fourth-order valence-electron chi connectivity index (χ4n) is 3.75. The van der Waals surface area contributed by atoms with E-state index in [1.807, 2.05) is 32.9 Å². The van der Waals surface area contributed by atoms with E-state index in [0.29, 0.717) is 12.1 Å². The third kappa shape index (κ3) is 2.96. The average molecular weight is 349 g/mol. The summed E-state index contributed by atoms with van der Waals surface area (Å²) in [5.41, 5.74) is 4.61. The van der Waals surface area contributed by atoms with Gasteiger partial charge >= 0.3 is 0 Å². The predicted octanol–water partition coefficient (Wildman–Crippen LogP) is 3.02. The van der Waals surface area contributed by atoms with Crippen LogP contribution in [0.5, 0.6) is 0 Å². The van der Waals surface area contributed by atoms with E-state index in [2.05, 4.69) is 31.1 Å². The van der Waals surface area contributed by atoms with Gasteiger partial charge in [0.25, 0.3) is 5.91 Å². The molecule has 1 N–H and O–H groups in total. The molecule has 3 heterocycles. The largest absolute Gasteiger partial charge is 0.345 e. The van der Waals surface area contributed by atoms with E-state index in [9.17, 15) is 4.79 Å². The minimum Gasteiger partial charge on any atom is -0.345 e. The second kappa shape index (κ2) is 6.52. The molecule has 4 rings (SSSR count). The summed E-state index contributed by atoms with van der Waals surface area (Å²) in [5, 5.41) is 12.4. The minimum absolute atomic E-state index is 0.0985. The molecule has 1 aliphatic heterocycles. The van der Waals surface area contributed by atoms with Gasteiger partial charge in [-0.25, -0.2) is 0 Å². The van der Waals surface area contributed by atoms with Crippen LogP contribution in [0, 0.1) is 20.8 Å². The average Bonchev–Trinajstić information content (AvgIpc) is 3.03. The first kappa shape index (κ1) is 16.7. The quantitative estimate of drug-likeness (QED) is 0.789. The Hall–Kier alpha value is -2.76. The van der Waals surface area contributed by atoms with Crippen molar-refractivity contribution >= 4 is 16.8 Å². The zero-order valence-electron chi connectivity index (χ0n) is 15.5. The number of fused-ring (bicyclic) bond motifs is 2. The zero-order chi connectivity index (χ0) is 18.3. The van der Waals surface area contributed by atoms with E-state index < -0.39 is 0 Å². The Morgan fingerprint density at radius 3 is 2.85 bits per heavy atom. The molecule has 0 bridgehead atoms. The van der Waals surface area contributed by atoms with Crippen LogP contribution in [0.3, 0.4) is 0 Å². The van der Waals surface area contributed by atoms with Gasteiger partial charge in [0.1, 0.15) is 5.82 Å². The van der Waals surface area contributed by atoms with Crippen molar-refractivity contribution in [2.45, 2.75) is 53.1 Å². The van der Waals surface area contributed by atoms with Gasteiger partial charge in [0.15, 0.2) is 5.82 Å². The standard InChI is InChI=1S/C20H23N5O/c1-12-8-13(2)19-15(9-12)16(10-14(3)22-19)20(26)21-11-18-24-23-17-6-4-5-7-25(17)18/h8-10H,4-7,11H2,1-3H3,(H,21,26). The van der Waals surface area contributed by atoms with Crippen molar-refractivity contribution in [1.29, 1.82) is 0 Å². The molecule has 0 radical (unpaired) electrons. The highest BCUT2D eigenvalue weighted by Gasteiger charge is 2.18. The lowest BCUT2D eigenvalue weighted by Gasteiger charge is -2.15. The molecule has 134 valence electrons. The Labute approximate surface area is 152 Å². The van der Waals surface area contributed by atoms with E-state index >= 15 is 0 Å². The number of nitrogens with one attached hydrogen (secondary N) is 1. The Bertz CT molecular complexity index is 1010. The number of amides is 1. The molecule has 1 amide bonds. The van der Waals surface area contributed by atoms with Gasteiger partial charge in [0, 0.05) is 24.0 Å². The number of nitrogens with zero attached hydrogens (tertiary/aromatic N) is 4. The SMILES string of the molecule is Cc1cc(C)c2nc(C)cc(C(=O)NCc3nnc4n3CCCC4)c2c1. The lowest BCUT2D eigenvalue weighted by atomic mass is 10.0. The van der Waals surface area contributed by atoms with Gasteiger partial charge in [0.2, 0.25) is 0 Å². The van der Waals surface area contributed by atoms with Crippen LogP contribution in [-0.4, -0.2) is 25.7 Å². The molecule has 0 fully saturated rings. The van der Waals surface area contributed by atoms with E-state index in [0.717, 1.165) is 65.2 Å². The number of aryl methyl sites for hydroxylation is 4. The molecular formula is C20H23N5O. The molecule has 0 aliphatic carbocycles. The molecule has 6 heteroatoms. The molecule has 26 heavy (non-hydrogen) atoms. The minimum atomic E-state index is -0.0985. The van der Waals surface area contributed by atoms with Crippen LogP contribution in [0.4, 0.5) is 0 Å². The Morgan fingerprint density at radius 2 is 2.00 bits per heavy atom. The first-order chi connectivity index (χ1) is 12.5. The van der Waals surface area contributed by atoms with E-state index in [1.54, 1.807) is 0 Å². The highest BCUT2D eigenvalue weighted by molar-refractivity contribution is 6.07. The van der Waals surface area contributed by atoms with Gasteiger partial charge in [-0.15, -0.1) is 10.2 Å². The topological polar surface area (TPSA) is 72.7 Å². The van der Waals surface area contributed by atoms with E-state index in [-0.39, 0.29) is 5.91 Å². The van der Waals surface area contributed by atoms with Gasteiger partial charge in [-0.3, -0.25) is 9.78 Å². The summed E-state index contributed by atoms with van der Waals surface area (Å²) in [5.74, 6) is 1.76. The molecule has 0 spiro atoms. The third-order valence-corrected chi connectivity index (χ3v) is 4.96. The first-order valence-electron chi connectivity index (χ1n) is 9.10. The number of benzene rings is 1. The second-order valence-electron chi connectivity index (χ2n) is 7.11. The van der Waals surface area contributed by atoms with Crippen LogP contribution < -0.4 is 5.32 Å². The normalized spacial score (nSPS) is 13.7. The number of rotatable bonds is 3.